The molecular weight excluding hydrogens is 218 g/mol. The Hall–Kier alpha value is -0.610. The van der Waals surface area contributed by atoms with Crippen LogP contribution in [0.15, 0.2) is 0 Å². The third kappa shape index (κ3) is 4.28. The first-order valence-corrected chi connectivity index (χ1v) is 6.57. The van der Waals surface area contributed by atoms with E-state index in [2.05, 4.69) is 0 Å². The molecule has 1 aliphatic carbocycles. The fourth-order valence-corrected chi connectivity index (χ4v) is 2.15. The highest BCUT2D eigenvalue weighted by atomic mass is 16.5. The average Bonchev–Trinajstić information content (AvgIpc) is 2.37. The number of esters is 1. The molecule has 1 fully saturated rings. The zero-order valence-corrected chi connectivity index (χ0v) is 11.1. The third-order valence-corrected chi connectivity index (χ3v) is 3.72. The van der Waals surface area contributed by atoms with Gasteiger partial charge in [0.05, 0.1) is 6.10 Å². The Balaban J connectivity index is 2.40. The number of nitrogens with two attached hydrogens (primary N) is 1. The van der Waals surface area contributed by atoms with E-state index in [1.807, 2.05) is 13.8 Å². The molecule has 0 aromatic carbocycles. The molecule has 0 aromatic rings. The van der Waals surface area contributed by atoms with Gasteiger partial charge in [0.15, 0.2) is 0 Å². The maximum absolute atomic E-state index is 11.8. The molecule has 17 heavy (non-hydrogen) atoms. The van der Waals surface area contributed by atoms with Crippen LogP contribution in [0, 0.1) is 5.92 Å². The number of hydrogen-bond acceptors (Lipinski definition) is 4. The number of carbonyl (C=O) groups is 1. The van der Waals surface area contributed by atoms with Crippen LogP contribution in [0.4, 0.5) is 0 Å². The van der Waals surface area contributed by atoms with Crippen molar-refractivity contribution in [3.05, 3.63) is 0 Å². The fourth-order valence-electron chi connectivity index (χ4n) is 2.15. The van der Waals surface area contributed by atoms with Gasteiger partial charge < -0.3 is 15.2 Å². The highest BCUT2D eigenvalue weighted by molar-refractivity contribution is 5.76. The Bertz CT molecular complexity index is 245. The molecule has 100 valence electrons. The molecule has 4 heteroatoms. The van der Waals surface area contributed by atoms with Gasteiger partial charge in [0.2, 0.25) is 0 Å². The van der Waals surface area contributed by atoms with E-state index in [4.69, 9.17) is 15.2 Å². The van der Waals surface area contributed by atoms with Gasteiger partial charge in [-0.2, -0.15) is 0 Å². The number of carbonyl (C=O) groups excluding carboxylic acids is 1. The van der Waals surface area contributed by atoms with Gasteiger partial charge in [-0.15, -0.1) is 0 Å². The first kappa shape index (κ1) is 14.5. The van der Waals surface area contributed by atoms with Gasteiger partial charge in [-0.1, -0.05) is 20.3 Å². The van der Waals surface area contributed by atoms with Crippen LogP contribution < -0.4 is 5.73 Å². The molecule has 0 bridgehead atoms. The first-order valence-electron chi connectivity index (χ1n) is 6.57. The molecule has 2 N–H and O–H groups in total. The second kappa shape index (κ2) is 6.97. The van der Waals surface area contributed by atoms with E-state index in [0.29, 0.717) is 0 Å². The molecule has 0 heterocycles. The lowest BCUT2D eigenvalue weighted by molar-refractivity contribution is -0.155. The minimum absolute atomic E-state index is 0.0173. The number of hydrogen-bond donors (Lipinski definition) is 1. The van der Waals surface area contributed by atoms with Crippen molar-refractivity contribution in [2.24, 2.45) is 11.7 Å². The van der Waals surface area contributed by atoms with Gasteiger partial charge in [-0.25, -0.2) is 0 Å². The summed E-state index contributed by atoms with van der Waals surface area (Å²) >= 11 is 0. The first-order chi connectivity index (χ1) is 8.08. The lowest BCUT2D eigenvalue weighted by atomic mass is 9.94. The summed E-state index contributed by atoms with van der Waals surface area (Å²) in [5.41, 5.74) is 5.85. The number of methoxy groups -OCH3 is 1. The van der Waals surface area contributed by atoms with Crippen LogP contribution >= 0.6 is 0 Å². The summed E-state index contributed by atoms with van der Waals surface area (Å²) in [5.74, 6) is -0.0922. The maximum Gasteiger partial charge on any atom is 0.323 e. The SMILES string of the molecule is CC[C@H](C)[C@H](N)C(=O)OC1CCCC(OC)C1. The summed E-state index contributed by atoms with van der Waals surface area (Å²) in [6.07, 6.45) is 4.94. The van der Waals surface area contributed by atoms with E-state index in [0.717, 1.165) is 32.1 Å². The van der Waals surface area contributed by atoms with Crippen LogP contribution in [0.2, 0.25) is 0 Å². The highest BCUT2D eigenvalue weighted by Crippen LogP contribution is 2.23. The Morgan fingerprint density at radius 2 is 2.06 bits per heavy atom. The van der Waals surface area contributed by atoms with Gasteiger partial charge in [-0.05, 0) is 25.2 Å². The molecule has 4 nitrogen and oxygen atoms in total. The summed E-state index contributed by atoms with van der Waals surface area (Å²) in [4.78, 5) is 11.8. The van der Waals surface area contributed by atoms with Gasteiger partial charge in [0.1, 0.15) is 12.1 Å². The topological polar surface area (TPSA) is 61.6 Å². The Kier molecular flexibility index (Phi) is 5.92. The van der Waals surface area contributed by atoms with Gasteiger partial charge in [-0.3, -0.25) is 4.79 Å². The highest BCUT2D eigenvalue weighted by Gasteiger charge is 2.28. The molecule has 0 aromatic heterocycles. The van der Waals surface area contributed by atoms with Crippen molar-refractivity contribution >= 4 is 5.97 Å². The van der Waals surface area contributed by atoms with Crippen molar-refractivity contribution in [2.75, 3.05) is 7.11 Å². The molecule has 1 saturated carbocycles. The molecule has 1 aliphatic rings. The van der Waals surface area contributed by atoms with Gasteiger partial charge in [0.25, 0.3) is 0 Å². The van der Waals surface area contributed by atoms with E-state index in [1.54, 1.807) is 7.11 Å². The second-order valence-electron chi connectivity index (χ2n) is 4.99. The van der Waals surface area contributed by atoms with E-state index >= 15 is 0 Å². The molecule has 1 rings (SSSR count). The zero-order valence-electron chi connectivity index (χ0n) is 11.1. The molecule has 0 spiro atoms. The van der Waals surface area contributed by atoms with Crippen molar-refractivity contribution in [1.29, 1.82) is 0 Å². The van der Waals surface area contributed by atoms with E-state index < -0.39 is 6.04 Å². The van der Waals surface area contributed by atoms with Crippen LogP contribution in [0.3, 0.4) is 0 Å². The van der Waals surface area contributed by atoms with E-state index in [-0.39, 0.29) is 24.1 Å². The Morgan fingerprint density at radius 1 is 1.41 bits per heavy atom. The van der Waals surface area contributed by atoms with Crippen LogP contribution in [0.25, 0.3) is 0 Å². The monoisotopic (exact) mass is 243 g/mol. The van der Waals surface area contributed by atoms with Crippen molar-refractivity contribution in [2.45, 2.75) is 64.2 Å². The van der Waals surface area contributed by atoms with Gasteiger partial charge in [0, 0.05) is 13.5 Å². The number of ether oxygens (including phenoxy) is 2. The largest absolute Gasteiger partial charge is 0.461 e. The van der Waals surface area contributed by atoms with Crippen molar-refractivity contribution in [3.8, 4) is 0 Å². The molecular formula is C13H25NO3. The maximum atomic E-state index is 11.8. The molecule has 0 saturated heterocycles. The molecule has 0 aliphatic heterocycles. The minimum Gasteiger partial charge on any atom is -0.461 e. The molecule has 4 atom stereocenters. The lowest BCUT2D eigenvalue weighted by Gasteiger charge is -2.29. The third-order valence-electron chi connectivity index (χ3n) is 3.72. The Labute approximate surface area is 104 Å². The summed E-state index contributed by atoms with van der Waals surface area (Å²) < 4.78 is 10.8. The van der Waals surface area contributed by atoms with Crippen LogP contribution in [-0.4, -0.2) is 31.3 Å². The van der Waals surface area contributed by atoms with Crippen molar-refractivity contribution in [1.82, 2.24) is 0 Å². The van der Waals surface area contributed by atoms with Crippen LogP contribution in [0.5, 0.6) is 0 Å². The Morgan fingerprint density at radius 3 is 2.65 bits per heavy atom. The fraction of sp³-hybridized carbons (Fsp3) is 0.923. The van der Waals surface area contributed by atoms with Crippen molar-refractivity contribution < 1.29 is 14.3 Å². The summed E-state index contributed by atoms with van der Waals surface area (Å²) in [5, 5.41) is 0. The summed E-state index contributed by atoms with van der Waals surface area (Å²) in [6.45, 7) is 4.00. The predicted octanol–water partition coefficient (Wildman–Crippen LogP) is 1.86. The summed E-state index contributed by atoms with van der Waals surface area (Å²) in [6, 6.07) is -0.497. The van der Waals surface area contributed by atoms with Crippen molar-refractivity contribution in [3.63, 3.8) is 0 Å². The molecule has 2 unspecified atom stereocenters. The minimum atomic E-state index is -0.497. The smallest absolute Gasteiger partial charge is 0.323 e. The second-order valence-corrected chi connectivity index (χ2v) is 4.99. The van der Waals surface area contributed by atoms with Crippen LogP contribution in [-0.2, 0) is 14.3 Å². The summed E-state index contributed by atoms with van der Waals surface area (Å²) in [7, 11) is 1.71. The normalized spacial score (nSPS) is 28.5. The molecule has 0 radical (unpaired) electrons. The quantitative estimate of drug-likeness (QED) is 0.749. The van der Waals surface area contributed by atoms with Crippen LogP contribution in [0.1, 0.15) is 46.0 Å². The zero-order chi connectivity index (χ0) is 12.8. The van der Waals surface area contributed by atoms with E-state index in [1.165, 1.54) is 0 Å². The number of rotatable bonds is 5. The predicted molar refractivity (Wildman–Crippen MR) is 66.6 cm³/mol. The average molecular weight is 243 g/mol. The van der Waals surface area contributed by atoms with Gasteiger partial charge >= 0.3 is 5.97 Å². The van der Waals surface area contributed by atoms with E-state index in [9.17, 15) is 4.79 Å². The lowest BCUT2D eigenvalue weighted by Crippen LogP contribution is -2.41. The molecule has 0 amide bonds. The standard InChI is InChI=1S/C13H25NO3/c1-4-9(2)12(14)13(15)17-11-7-5-6-10(8-11)16-3/h9-12H,4-8,14H2,1-3H3/t9-,10?,11?,12-/m0/s1.